The third kappa shape index (κ3) is 4.46. The molecule has 1 N–H and O–H groups in total. The van der Waals surface area contributed by atoms with Crippen molar-refractivity contribution in [2.24, 2.45) is 0 Å². The van der Waals surface area contributed by atoms with Crippen LogP contribution in [0.4, 0.5) is 0 Å². The first kappa shape index (κ1) is 12.7. The molecule has 0 saturated heterocycles. The summed E-state index contributed by atoms with van der Waals surface area (Å²) in [4.78, 5) is 0. The lowest BCUT2D eigenvalue weighted by molar-refractivity contribution is 0.549. The van der Waals surface area contributed by atoms with Gasteiger partial charge in [-0.15, -0.1) is 0 Å². The molecule has 1 aromatic rings. The van der Waals surface area contributed by atoms with E-state index in [4.69, 9.17) is 5.26 Å². The molecule has 86 valence electrons. The van der Waals surface area contributed by atoms with Crippen molar-refractivity contribution in [3.05, 3.63) is 35.4 Å². The highest BCUT2D eigenvalue weighted by Gasteiger charge is 2.02. The van der Waals surface area contributed by atoms with Crippen LogP contribution in [0.15, 0.2) is 24.3 Å². The molecule has 0 bridgehead atoms. The van der Waals surface area contributed by atoms with Gasteiger partial charge in [-0.3, -0.25) is 0 Å². The van der Waals surface area contributed by atoms with Crippen LogP contribution in [-0.2, 0) is 0 Å². The second-order valence-corrected chi connectivity index (χ2v) is 4.20. The van der Waals surface area contributed by atoms with Crippen LogP contribution in [0.1, 0.15) is 43.4 Å². The number of hydrogen-bond donors (Lipinski definition) is 1. The number of nitrogens with one attached hydrogen (secondary N) is 1. The van der Waals surface area contributed by atoms with Gasteiger partial charge in [-0.05, 0) is 38.8 Å². The summed E-state index contributed by atoms with van der Waals surface area (Å²) in [5.74, 6) is 0. The average Bonchev–Trinajstić information content (AvgIpc) is 2.29. The Kier molecular flexibility index (Phi) is 5.60. The summed E-state index contributed by atoms with van der Waals surface area (Å²) in [6.45, 7) is 5.26. The SMILES string of the molecule is Cc1ccc(C(C)NCCCCC#N)cc1. The van der Waals surface area contributed by atoms with Gasteiger partial charge in [-0.2, -0.15) is 5.26 Å². The molecule has 0 radical (unpaired) electrons. The van der Waals surface area contributed by atoms with Crippen LogP contribution < -0.4 is 5.32 Å². The van der Waals surface area contributed by atoms with Gasteiger partial charge in [0.1, 0.15) is 0 Å². The van der Waals surface area contributed by atoms with Gasteiger partial charge in [0.15, 0.2) is 0 Å². The van der Waals surface area contributed by atoms with E-state index in [-0.39, 0.29) is 0 Å². The Balaban J connectivity index is 2.27. The molecule has 1 unspecified atom stereocenters. The highest BCUT2D eigenvalue weighted by molar-refractivity contribution is 5.23. The minimum Gasteiger partial charge on any atom is -0.310 e. The number of aryl methyl sites for hydroxylation is 1. The van der Waals surface area contributed by atoms with Crippen LogP contribution in [0.5, 0.6) is 0 Å². The zero-order valence-electron chi connectivity index (χ0n) is 10.2. The maximum Gasteiger partial charge on any atom is 0.0621 e. The van der Waals surface area contributed by atoms with Crippen molar-refractivity contribution in [2.45, 2.75) is 39.2 Å². The van der Waals surface area contributed by atoms with Crippen molar-refractivity contribution in [3.63, 3.8) is 0 Å². The Labute approximate surface area is 98.3 Å². The van der Waals surface area contributed by atoms with Crippen LogP contribution >= 0.6 is 0 Å². The quantitative estimate of drug-likeness (QED) is 0.740. The van der Waals surface area contributed by atoms with E-state index in [9.17, 15) is 0 Å². The van der Waals surface area contributed by atoms with Gasteiger partial charge in [0.05, 0.1) is 6.07 Å². The van der Waals surface area contributed by atoms with Gasteiger partial charge >= 0.3 is 0 Å². The predicted molar refractivity (Wildman–Crippen MR) is 67.1 cm³/mol. The van der Waals surface area contributed by atoms with Crippen LogP contribution in [0.25, 0.3) is 0 Å². The third-order valence-corrected chi connectivity index (χ3v) is 2.74. The van der Waals surface area contributed by atoms with Crippen LogP contribution in [-0.4, -0.2) is 6.54 Å². The van der Waals surface area contributed by atoms with E-state index < -0.39 is 0 Å². The monoisotopic (exact) mass is 216 g/mol. The lowest BCUT2D eigenvalue weighted by Crippen LogP contribution is -2.19. The van der Waals surface area contributed by atoms with Gasteiger partial charge in [0.25, 0.3) is 0 Å². The Morgan fingerprint density at radius 2 is 1.94 bits per heavy atom. The first-order valence-electron chi connectivity index (χ1n) is 5.91. The number of hydrogen-bond acceptors (Lipinski definition) is 2. The molecule has 0 spiro atoms. The van der Waals surface area contributed by atoms with E-state index >= 15 is 0 Å². The van der Waals surface area contributed by atoms with Crippen molar-refractivity contribution in [2.75, 3.05) is 6.54 Å². The molecular formula is C14H20N2. The minimum atomic E-state index is 0.391. The Morgan fingerprint density at radius 1 is 1.25 bits per heavy atom. The smallest absolute Gasteiger partial charge is 0.0621 e. The molecule has 0 aliphatic heterocycles. The molecule has 0 saturated carbocycles. The van der Waals surface area contributed by atoms with Gasteiger partial charge in [0, 0.05) is 12.5 Å². The summed E-state index contributed by atoms with van der Waals surface area (Å²) >= 11 is 0. The fourth-order valence-electron chi connectivity index (χ4n) is 1.62. The molecule has 0 heterocycles. The predicted octanol–water partition coefficient (Wildman–Crippen LogP) is 3.34. The van der Waals surface area contributed by atoms with Crippen molar-refractivity contribution in [3.8, 4) is 6.07 Å². The van der Waals surface area contributed by atoms with E-state index in [1.54, 1.807) is 0 Å². The summed E-state index contributed by atoms with van der Waals surface area (Å²) in [5.41, 5.74) is 2.62. The lowest BCUT2D eigenvalue weighted by atomic mass is 10.1. The molecule has 0 aliphatic carbocycles. The van der Waals surface area contributed by atoms with E-state index in [2.05, 4.69) is 49.5 Å². The van der Waals surface area contributed by atoms with Crippen molar-refractivity contribution in [1.29, 1.82) is 5.26 Å². The summed E-state index contributed by atoms with van der Waals surface area (Å²) in [6, 6.07) is 11.2. The number of benzene rings is 1. The number of unbranched alkanes of at least 4 members (excludes halogenated alkanes) is 2. The van der Waals surface area contributed by atoms with E-state index in [0.29, 0.717) is 12.5 Å². The average molecular weight is 216 g/mol. The Bertz CT molecular complexity index is 335. The van der Waals surface area contributed by atoms with Crippen LogP contribution in [0.2, 0.25) is 0 Å². The molecule has 1 atom stereocenters. The largest absolute Gasteiger partial charge is 0.310 e. The molecule has 2 nitrogen and oxygen atoms in total. The van der Waals surface area contributed by atoms with E-state index in [1.165, 1.54) is 11.1 Å². The van der Waals surface area contributed by atoms with Crippen molar-refractivity contribution in [1.82, 2.24) is 5.32 Å². The molecule has 0 amide bonds. The fraction of sp³-hybridized carbons (Fsp3) is 0.500. The maximum atomic E-state index is 8.41. The molecule has 16 heavy (non-hydrogen) atoms. The molecule has 2 heteroatoms. The summed E-state index contributed by atoms with van der Waals surface area (Å²) in [5, 5.41) is 11.9. The first-order chi connectivity index (χ1) is 7.74. The lowest BCUT2D eigenvalue weighted by Gasteiger charge is -2.14. The Hall–Kier alpha value is -1.33. The first-order valence-corrected chi connectivity index (χ1v) is 5.91. The highest BCUT2D eigenvalue weighted by atomic mass is 14.9. The fourth-order valence-corrected chi connectivity index (χ4v) is 1.62. The second kappa shape index (κ2) is 7.03. The summed E-state index contributed by atoms with van der Waals surface area (Å²) in [7, 11) is 0. The zero-order valence-corrected chi connectivity index (χ0v) is 10.2. The van der Waals surface area contributed by atoms with Crippen LogP contribution in [0.3, 0.4) is 0 Å². The van der Waals surface area contributed by atoms with Gasteiger partial charge < -0.3 is 5.32 Å². The Morgan fingerprint density at radius 3 is 2.56 bits per heavy atom. The van der Waals surface area contributed by atoms with Gasteiger partial charge in [-0.25, -0.2) is 0 Å². The topological polar surface area (TPSA) is 35.8 Å². The molecular weight excluding hydrogens is 196 g/mol. The third-order valence-electron chi connectivity index (χ3n) is 2.74. The molecule has 1 aromatic carbocycles. The van der Waals surface area contributed by atoms with E-state index in [1.807, 2.05) is 0 Å². The second-order valence-electron chi connectivity index (χ2n) is 4.20. The molecule has 0 aromatic heterocycles. The number of rotatable bonds is 6. The van der Waals surface area contributed by atoms with Crippen molar-refractivity contribution < 1.29 is 0 Å². The van der Waals surface area contributed by atoms with Crippen LogP contribution in [0, 0.1) is 18.3 Å². The molecule has 0 fully saturated rings. The molecule has 0 aliphatic rings. The summed E-state index contributed by atoms with van der Waals surface area (Å²) in [6.07, 6.45) is 2.73. The molecule has 1 rings (SSSR count). The normalized spacial score (nSPS) is 12.1. The summed E-state index contributed by atoms with van der Waals surface area (Å²) < 4.78 is 0. The van der Waals surface area contributed by atoms with Crippen molar-refractivity contribution >= 4 is 0 Å². The van der Waals surface area contributed by atoms with Gasteiger partial charge in [0.2, 0.25) is 0 Å². The number of nitrogens with zero attached hydrogens (tertiary/aromatic N) is 1. The minimum absolute atomic E-state index is 0.391. The highest BCUT2D eigenvalue weighted by Crippen LogP contribution is 2.12. The maximum absolute atomic E-state index is 8.41. The standard InChI is InChI=1S/C14H20N2/c1-12-6-8-14(9-7-12)13(2)16-11-5-3-4-10-15/h6-9,13,16H,3-5,11H2,1-2H3. The van der Waals surface area contributed by atoms with Gasteiger partial charge in [-0.1, -0.05) is 29.8 Å². The zero-order chi connectivity index (χ0) is 11.8. The number of nitriles is 1. The van der Waals surface area contributed by atoms with E-state index in [0.717, 1.165) is 19.4 Å².